The Morgan fingerprint density at radius 3 is 2.40 bits per heavy atom. The van der Waals surface area contributed by atoms with Crippen LogP contribution in [0.3, 0.4) is 0 Å². The van der Waals surface area contributed by atoms with E-state index in [1.807, 2.05) is 0 Å². The van der Waals surface area contributed by atoms with Crippen LogP contribution in [0, 0.1) is 6.92 Å². The van der Waals surface area contributed by atoms with E-state index in [9.17, 15) is 27.6 Å². The van der Waals surface area contributed by atoms with E-state index in [1.54, 1.807) is 25.1 Å². The van der Waals surface area contributed by atoms with Gasteiger partial charge >= 0.3 is 6.18 Å². The molecule has 0 saturated carbocycles. The summed E-state index contributed by atoms with van der Waals surface area (Å²) in [5.41, 5.74) is 0.757. The largest absolute Gasteiger partial charge is 0.411 e. The normalized spacial score (nSPS) is 13.8. The number of fused-ring (bicyclic) bond motifs is 1. The van der Waals surface area contributed by atoms with Gasteiger partial charge in [0.2, 0.25) is 0 Å². The van der Waals surface area contributed by atoms with Gasteiger partial charge in [-0.1, -0.05) is 18.2 Å². The number of amides is 3. The van der Waals surface area contributed by atoms with Gasteiger partial charge in [-0.2, -0.15) is 13.2 Å². The Kier molecular flexibility index (Phi) is 5.75. The van der Waals surface area contributed by atoms with Crippen LogP contribution in [-0.2, 0) is 0 Å². The molecule has 2 aromatic carbocycles. The van der Waals surface area contributed by atoms with Crippen LogP contribution >= 0.6 is 0 Å². The van der Waals surface area contributed by atoms with Gasteiger partial charge in [0.15, 0.2) is 0 Å². The van der Waals surface area contributed by atoms with E-state index in [-0.39, 0.29) is 35.0 Å². The van der Waals surface area contributed by atoms with E-state index in [4.69, 9.17) is 5.11 Å². The molecule has 1 aliphatic rings. The lowest BCUT2D eigenvalue weighted by Crippen LogP contribution is -2.32. The Morgan fingerprint density at radius 1 is 1.10 bits per heavy atom. The molecule has 0 saturated heterocycles. The number of aliphatic hydroxyl groups excluding tert-OH is 1. The van der Waals surface area contributed by atoms with Gasteiger partial charge in [-0.3, -0.25) is 24.2 Å². The van der Waals surface area contributed by atoms with Crippen LogP contribution in [0.1, 0.15) is 36.6 Å². The highest BCUT2D eigenvalue weighted by Gasteiger charge is 2.36. The molecule has 0 radical (unpaired) electrons. The maximum Gasteiger partial charge on any atom is 0.411 e. The van der Waals surface area contributed by atoms with E-state index in [2.05, 4.69) is 0 Å². The topological polar surface area (TPSA) is 77.9 Å². The van der Waals surface area contributed by atoms with Gasteiger partial charge in [0.05, 0.1) is 24.3 Å². The van der Waals surface area contributed by atoms with Crippen molar-refractivity contribution in [1.29, 1.82) is 0 Å². The Labute approximate surface area is 169 Å². The van der Waals surface area contributed by atoms with Crippen molar-refractivity contribution in [2.24, 2.45) is 0 Å². The molecule has 3 rings (SSSR count). The smallest absolute Gasteiger partial charge is 0.395 e. The number of benzene rings is 2. The lowest BCUT2D eigenvalue weighted by Gasteiger charge is -2.20. The van der Waals surface area contributed by atoms with Crippen LogP contribution in [0.25, 0.3) is 0 Å². The summed E-state index contributed by atoms with van der Waals surface area (Å²) in [5.74, 6) is -2.02. The zero-order chi connectivity index (χ0) is 22.1. The minimum absolute atomic E-state index is 0.00509. The van der Waals surface area contributed by atoms with Crippen LogP contribution in [-0.4, -0.2) is 47.1 Å². The van der Waals surface area contributed by atoms with E-state index >= 15 is 0 Å². The van der Waals surface area contributed by atoms with Crippen molar-refractivity contribution in [3.8, 4) is 0 Å². The van der Waals surface area contributed by atoms with Crippen molar-refractivity contribution in [2.45, 2.75) is 13.1 Å². The highest BCUT2D eigenvalue weighted by molar-refractivity contribution is 6.22. The average molecular weight is 418 g/mol. The second kappa shape index (κ2) is 8.11. The summed E-state index contributed by atoms with van der Waals surface area (Å²) in [6, 6.07) is 10.2. The molecule has 3 amide bonds. The first-order valence-corrected chi connectivity index (χ1v) is 8.90. The molecule has 6 nitrogen and oxygen atoms in total. The molecule has 2 aromatic rings. The number of carbonyl (C=O) groups excluding carboxylic acids is 3. The number of β-amino-alcohol motifs (C(OH)–C–C–N with tert-alkyl or cyclic N) is 1. The van der Waals surface area contributed by atoms with E-state index in [1.165, 1.54) is 24.3 Å². The van der Waals surface area contributed by atoms with Crippen molar-refractivity contribution in [2.75, 3.05) is 18.1 Å². The van der Waals surface area contributed by atoms with Crippen LogP contribution in [0.15, 0.2) is 54.7 Å². The Bertz CT molecular complexity index is 1050. The Balaban J connectivity index is 2.07. The fourth-order valence-electron chi connectivity index (χ4n) is 3.10. The van der Waals surface area contributed by atoms with Crippen molar-refractivity contribution >= 4 is 23.4 Å². The standard InChI is InChI=1S/C21H17F3N2O4/c1-13-4-2-3-5-15(13)18(28)25(9-8-21(22,23)24)14-6-7-16-17(12-14)20(30)26(10-11-27)19(16)29/h2-9,12,27H,10-11H2,1H3/b9-8+. The summed E-state index contributed by atoms with van der Waals surface area (Å²) in [6.07, 6.45) is -4.16. The van der Waals surface area contributed by atoms with Gasteiger partial charge in [-0.25, -0.2) is 0 Å². The average Bonchev–Trinajstić information content (AvgIpc) is 2.92. The third-order valence-electron chi connectivity index (χ3n) is 4.56. The summed E-state index contributed by atoms with van der Waals surface area (Å²) in [4.78, 5) is 39.4. The first-order valence-electron chi connectivity index (χ1n) is 8.90. The van der Waals surface area contributed by atoms with Gasteiger partial charge in [0.25, 0.3) is 17.7 Å². The molecule has 30 heavy (non-hydrogen) atoms. The van der Waals surface area contributed by atoms with Gasteiger partial charge in [0, 0.05) is 23.5 Å². The van der Waals surface area contributed by atoms with Crippen molar-refractivity contribution < 1.29 is 32.7 Å². The lowest BCUT2D eigenvalue weighted by atomic mass is 10.1. The molecule has 0 fully saturated rings. The molecule has 1 heterocycles. The van der Waals surface area contributed by atoms with Gasteiger partial charge in [-0.05, 0) is 36.8 Å². The molecule has 0 bridgehead atoms. The molecule has 0 unspecified atom stereocenters. The number of anilines is 1. The summed E-state index contributed by atoms with van der Waals surface area (Å²) < 4.78 is 38.4. The highest BCUT2D eigenvalue weighted by Crippen LogP contribution is 2.29. The molecular formula is C21H17F3N2O4. The fraction of sp³-hybridized carbons (Fsp3) is 0.190. The first-order chi connectivity index (χ1) is 14.1. The molecule has 0 aromatic heterocycles. The lowest BCUT2D eigenvalue weighted by molar-refractivity contribution is -0.0799. The molecule has 9 heteroatoms. The van der Waals surface area contributed by atoms with Crippen molar-refractivity contribution in [3.05, 3.63) is 77.0 Å². The summed E-state index contributed by atoms with van der Waals surface area (Å²) in [6.45, 7) is 1.02. The van der Waals surface area contributed by atoms with Gasteiger partial charge < -0.3 is 5.11 Å². The van der Waals surface area contributed by atoms with Gasteiger partial charge in [0.1, 0.15) is 0 Å². The number of nitrogens with zero attached hydrogens (tertiary/aromatic N) is 2. The monoisotopic (exact) mass is 418 g/mol. The van der Waals surface area contributed by atoms with Crippen LogP contribution < -0.4 is 4.90 Å². The fourth-order valence-corrected chi connectivity index (χ4v) is 3.10. The number of halogens is 3. The molecule has 0 atom stereocenters. The predicted octanol–water partition coefficient (Wildman–Crippen LogP) is 3.31. The molecule has 1 N–H and O–H groups in total. The van der Waals surface area contributed by atoms with Gasteiger partial charge in [-0.15, -0.1) is 0 Å². The number of alkyl halides is 3. The Hall–Kier alpha value is -3.46. The van der Waals surface area contributed by atoms with E-state index in [0.717, 1.165) is 9.80 Å². The van der Waals surface area contributed by atoms with E-state index in [0.29, 0.717) is 11.8 Å². The molecular weight excluding hydrogens is 401 g/mol. The first kappa shape index (κ1) is 21.3. The van der Waals surface area contributed by atoms with Crippen LogP contribution in [0.4, 0.5) is 18.9 Å². The number of imide groups is 1. The SMILES string of the molecule is Cc1ccccc1C(=O)N(/C=C/C(F)(F)F)c1ccc2c(c1)C(=O)N(CCO)C2=O. The number of hydrogen-bond acceptors (Lipinski definition) is 4. The summed E-state index contributed by atoms with van der Waals surface area (Å²) in [7, 11) is 0. The third-order valence-corrected chi connectivity index (χ3v) is 4.56. The minimum Gasteiger partial charge on any atom is -0.395 e. The quantitative estimate of drug-likeness (QED) is 0.756. The predicted molar refractivity (Wildman–Crippen MR) is 102 cm³/mol. The molecule has 156 valence electrons. The summed E-state index contributed by atoms with van der Waals surface area (Å²) >= 11 is 0. The van der Waals surface area contributed by atoms with Crippen molar-refractivity contribution in [1.82, 2.24) is 4.90 Å². The maximum absolute atomic E-state index is 13.0. The number of aryl methyl sites for hydroxylation is 1. The number of aliphatic hydroxyl groups is 1. The summed E-state index contributed by atoms with van der Waals surface area (Å²) in [5, 5.41) is 9.04. The number of carbonyl (C=O) groups is 3. The minimum atomic E-state index is -4.66. The van der Waals surface area contributed by atoms with Crippen LogP contribution in [0.5, 0.6) is 0 Å². The zero-order valence-corrected chi connectivity index (χ0v) is 15.8. The number of hydrogen-bond donors (Lipinski definition) is 1. The number of rotatable bonds is 5. The van der Waals surface area contributed by atoms with Crippen molar-refractivity contribution in [3.63, 3.8) is 0 Å². The zero-order valence-electron chi connectivity index (χ0n) is 15.8. The molecule has 0 spiro atoms. The second-order valence-electron chi connectivity index (χ2n) is 6.56. The Morgan fingerprint density at radius 2 is 1.77 bits per heavy atom. The van der Waals surface area contributed by atoms with E-state index < -0.39 is 30.5 Å². The maximum atomic E-state index is 13.0. The number of allylic oxidation sites excluding steroid dienone is 1. The molecule has 1 aliphatic heterocycles. The molecule has 0 aliphatic carbocycles. The van der Waals surface area contributed by atoms with Crippen LogP contribution in [0.2, 0.25) is 0 Å². The highest BCUT2D eigenvalue weighted by atomic mass is 19.4. The second-order valence-corrected chi connectivity index (χ2v) is 6.56. The third kappa shape index (κ3) is 4.11.